The van der Waals surface area contributed by atoms with Crippen molar-refractivity contribution >= 4 is 25.8 Å². The first-order valence-electron chi connectivity index (χ1n) is 6.52. The summed E-state index contributed by atoms with van der Waals surface area (Å²) < 4.78 is 19.6. The summed E-state index contributed by atoms with van der Waals surface area (Å²) in [5.74, 6) is 0.230. The van der Waals surface area contributed by atoms with Crippen LogP contribution in [0.2, 0.25) is 0 Å². The molecule has 0 aromatic carbocycles. The summed E-state index contributed by atoms with van der Waals surface area (Å²) in [6.07, 6.45) is 5.78. The Morgan fingerprint density at radius 2 is 1.70 bits per heavy atom. The Morgan fingerprint density at radius 1 is 1.15 bits per heavy atom. The Bertz CT molecular complexity index is 341. The maximum atomic E-state index is 11.1. The molecular formula is C12H23O6PS. The number of phosphoric acid groups is 1. The van der Waals surface area contributed by atoms with Crippen LogP contribution in [0.25, 0.3) is 0 Å². The molecule has 0 rings (SSSR count). The lowest BCUT2D eigenvalue weighted by Crippen LogP contribution is -2.05. The van der Waals surface area contributed by atoms with E-state index in [1.165, 1.54) is 0 Å². The molecule has 0 saturated carbocycles. The third-order valence-electron chi connectivity index (χ3n) is 2.35. The van der Waals surface area contributed by atoms with Crippen molar-refractivity contribution in [3.8, 4) is 0 Å². The van der Waals surface area contributed by atoms with Gasteiger partial charge in [-0.15, -0.1) is 0 Å². The number of carbonyl (C=O) groups excluding carboxylic acids is 1. The fourth-order valence-electron chi connectivity index (χ4n) is 1.36. The van der Waals surface area contributed by atoms with Gasteiger partial charge in [-0.05, 0) is 19.8 Å². The summed E-state index contributed by atoms with van der Waals surface area (Å²) in [6.45, 7) is 5.55. The van der Waals surface area contributed by atoms with Gasteiger partial charge in [-0.1, -0.05) is 32.3 Å². The number of rotatable bonds is 12. The van der Waals surface area contributed by atoms with Crippen LogP contribution < -0.4 is 0 Å². The molecule has 0 spiro atoms. The number of hydrogen-bond donors (Lipinski definition) is 2. The Labute approximate surface area is 124 Å². The third kappa shape index (κ3) is 14.1. The van der Waals surface area contributed by atoms with Crippen molar-refractivity contribution in [1.82, 2.24) is 0 Å². The van der Waals surface area contributed by atoms with Crippen molar-refractivity contribution in [2.75, 3.05) is 12.4 Å². The van der Waals surface area contributed by atoms with E-state index < -0.39 is 7.82 Å². The molecule has 0 aliphatic rings. The molecule has 118 valence electrons. The highest BCUT2D eigenvalue weighted by atomic mass is 32.2. The quantitative estimate of drug-likeness (QED) is 0.187. The summed E-state index contributed by atoms with van der Waals surface area (Å²) >= 11 is 0.809. The van der Waals surface area contributed by atoms with Crippen molar-refractivity contribution in [3.63, 3.8) is 0 Å². The highest BCUT2D eigenvalue weighted by Crippen LogP contribution is 2.41. The SMILES string of the molecule is C=C(C)C(=O)OCCCCCCCCSOP(=O)(O)O. The summed E-state index contributed by atoms with van der Waals surface area (Å²) in [5, 5.41) is 0. The van der Waals surface area contributed by atoms with E-state index in [0.29, 0.717) is 17.9 Å². The van der Waals surface area contributed by atoms with Gasteiger partial charge in [0.05, 0.1) is 6.61 Å². The van der Waals surface area contributed by atoms with E-state index in [0.717, 1.165) is 50.6 Å². The smallest absolute Gasteiger partial charge is 0.462 e. The van der Waals surface area contributed by atoms with Gasteiger partial charge in [-0.3, -0.25) is 0 Å². The second kappa shape index (κ2) is 11.3. The van der Waals surface area contributed by atoms with Crippen molar-refractivity contribution in [2.24, 2.45) is 0 Å². The van der Waals surface area contributed by atoms with Gasteiger partial charge in [0.2, 0.25) is 0 Å². The minimum atomic E-state index is -4.34. The van der Waals surface area contributed by atoms with Crippen LogP contribution in [0.15, 0.2) is 12.2 Å². The molecule has 20 heavy (non-hydrogen) atoms. The molecule has 0 bridgehead atoms. The maximum Gasteiger partial charge on any atom is 0.480 e. The van der Waals surface area contributed by atoms with Gasteiger partial charge in [0.25, 0.3) is 0 Å². The van der Waals surface area contributed by atoms with E-state index in [-0.39, 0.29) is 5.97 Å². The third-order valence-corrected chi connectivity index (χ3v) is 4.01. The van der Waals surface area contributed by atoms with Crippen LogP contribution >= 0.6 is 19.9 Å². The van der Waals surface area contributed by atoms with Crippen molar-refractivity contribution < 1.29 is 27.9 Å². The maximum absolute atomic E-state index is 11.1. The first-order valence-corrected chi connectivity index (χ1v) is 8.96. The lowest BCUT2D eigenvalue weighted by Gasteiger charge is -2.05. The average Bonchev–Trinajstić information content (AvgIpc) is 2.34. The van der Waals surface area contributed by atoms with Crippen LogP contribution in [0.1, 0.15) is 45.4 Å². The molecule has 8 heteroatoms. The molecule has 0 aliphatic carbocycles. The Balaban J connectivity index is 3.20. The molecule has 0 saturated heterocycles. The van der Waals surface area contributed by atoms with Gasteiger partial charge in [0.15, 0.2) is 0 Å². The average molecular weight is 326 g/mol. The lowest BCUT2D eigenvalue weighted by atomic mass is 10.1. The fraction of sp³-hybridized carbons (Fsp3) is 0.750. The van der Waals surface area contributed by atoms with Crippen molar-refractivity contribution in [2.45, 2.75) is 45.4 Å². The molecule has 0 aromatic heterocycles. The normalized spacial score (nSPS) is 11.3. The molecule has 2 N–H and O–H groups in total. The van der Waals surface area contributed by atoms with Crippen molar-refractivity contribution in [1.29, 1.82) is 0 Å². The summed E-state index contributed by atoms with van der Waals surface area (Å²) in [7, 11) is -4.34. The predicted molar refractivity (Wildman–Crippen MR) is 79.1 cm³/mol. The van der Waals surface area contributed by atoms with Crippen LogP contribution in [-0.2, 0) is 18.1 Å². The summed E-state index contributed by atoms with van der Waals surface area (Å²) in [5.41, 5.74) is 0.417. The second-order valence-corrected chi connectivity index (χ2v) is 6.65. The van der Waals surface area contributed by atoms with E-state index >= 15 is 0 Å². The highest BCUT2D eigenvalue weighted by Gasteiger charge is 2.13. The molecule has 0 fully saturated rings. The van der Waals surface area contributed by atoms with E-state index in [9.17, 15) is 9.36 Å². The van der Waals surface area contributed by atoms with Crippen LogP contribution in [0, 0.1) is 0 Å². The molecule has 0 unspecified atom stereocenters. The molecule has 0 aliphatic heterocycles. The topological polar surface area (TPSA) is 93.1 Å². The zero-order valence-electron chi connectivity index (χ0n) is 11.7. The molecule has 0 amide bonds. The molecule has 0 radical (unpaired) electrons. The summed E-state index contributed by atoms with van der Waals surface area (Å²) in [6, 6.07) is 0. The molecule has 0 aromatic rings. The van der Waals surface area contributed by atoms with Gasteiger partial charge < -0.3 is 14.5 Å². The van der Waals surface area contributed by atoms with Gasteiger partial charge in [-0.2, -0.15) is 0 Å². The van der Waals surface area contributed by atoms with E-state index in [4.69, 9.17) is 14.5 Å². The zero-order chi connectivity index (χ0) is 15.4. The van der Waals surface area contributed by atoms with Crippen LogP contribution in [0.4, 0.5) is 0 Å². The number of esters is 1. The highest BCUT2D eigenvalue weighted by molar-refractivity contribution is 7.97. The lowest BCUT2D eigenvalue weighted by molar-refractivity contribution is -0.139. The Morgan fingerprint density at radius 3 is 2.25 bits per heavy atom. The van der Waals surface area contributed by atoms with E-state index in [2.05, 4.69) is 10.5 Å². The minimum Gasteiger partial charge on any atom is -0.462 e. The van der Waals surface area contributed by atoms with E-state index in [1.54, 1.807) is 6.92 Å². The standard InChI is InChI=1S/C12H23O6PS/c1-11(2)12(13)17-9-7-5-3-4-6-8-10-20-18-19(14,15)16/h1,3-10H2,2H3,(H2,14,15,16). The Kier molecular flexibility index (Phi) is 11.2. The van der Waals surface area contributed by atoms with Gasteiger partial charge in [0, 0.05) is 23.4 Å². The van der Waals surface area contributed by atoms with Crippen molar-refractivity contribution in [3.05, 3.63) is 12.2 Å². The van der Waals surface area contributed by atoms with Crippen LogP contribution in [0.5, 0.6) is 0 Å². The van der Waals surface area contributed by atoms with Crippen LogP contribution in [0.3, 0.4) is 0 Å². The molecule has 6 nitrogen and oxygen atoms in total. The molecular weight excluding hydrogens is 303 g/mol. The largest absolute Gasteiger partial charge is 0.480 e. The molecule has 0 atom stereocenters. The predicted octanol–water partition coefficient (Wildman–Crippen LogP) is 3.20. The van der Waals surface area contributed by atoms with E-state index in [1.807, 2.05) is 0 Å². The first-order chi connectivity index (χ1) is 9.33. The zero-order valence-corrected chi connectivity index (χ0v) is 13.5. The minimum absolute atomic E-state index is 0.341. The van der Waals surface area contributed by atoms with Gasteiger partial charge >= 0.3 is 13.8 Å². The van der Waals surface area contributed by atoms with Crippen LogP contribution in [-0.4, -0.2) is 28.1 Å². The van der Waals surface area contributed by atoms with Gasteiger partial charge in [-0.25, -0.2) is 13.3 Å². The monoisotopic (exact) mass is 326 g/mol. The van der Waals surface area contributed by atoms with Gasteiger partial charge in [0.1, 0.15) is 0 Å². The number of carbonyl (C=O) groups is 1. The number of hydrogen-bond acceptors (Lipinski definition) is 5. The number of ether oxygens (including phenoxy) is 1. The molecule has 0 heterocycles. The second-order valence-electron chi connectivity index (χ2n) is 4.42. The fourth-order valence-corrected chi connectivity index (χ4v) is 2.53. The Hall–Kier alpha value is -0.330. The summed E-state index contributed by atoms with van der Waals surface area (Å²) in [4.78, 5) is 27.9. The first kappa shape index (κ1) is 19.7. The number of unbranched alkanes of at least 4 members (excludes halogenated alkanes) is 5.